The highest BCUT2D eigenvalue weighted by Crippen LogP contribution is 2.44. The second-order valence-electron chi connectivity index (χ2n) is 6.08. The summed E-state index contributed by atoms with van der Waals surface area (Å²) in [6.07, 6.45) is 9.33. The van der Waals surface area contributed by atoms with Crippen LogP contribution in [0.15, 0.2) is 0 Å². The normalized spacial score (nSPS) is 25.2. The first kappa shape index (κ1) is 14.8. The molecule has 1 aliphatic carbocycles. The molecule has 1 heterocycles. The summed E-state index contributed by atoms with van der Waals surface area (Å²) in [4.78, 5) is 14.0. The number of ether oxygens (including phenoxy) is 1. The largest absolute Gasteiger partial charge is 0.383 e. The number of hydrogen-bond donors (Lipinski definition) is 2. The molecule has 1 aliphatic heterocycles. The van der Waals surface area contributed by atoms with Gasteiger partial charge in [0.05, 0.1) is 6.61 Å². The predicted molar refractivity (Wildman–Crippen MR) is 74.3 cm³/mol. The Morgan fingerprint density at radius 1 is 1.26 bits per heavy atom. The third kappa shape index (κ3) is 3.46. The molecule has 19 heavy (non-hydrogen) atoms. The summed E-state index contributed by atoms with van der Waals surface area (Å²) >= 11 is 0. The van der Waals surface area contributed by atoms with Crippen molar-refractivity contribution in [2.24, 2.45) is 11.3 Å². The molecule has 1 saturated heterocycles. The van der Waals surface area contributed by atoms with E-state index >= 15 is 0 Å². The van der Waals surface area contributed by atoms with Crippen LogP contribution < -0.4 is 11.3 Å². The van der Waals surface area contributed by atoms with E-state index in [0.29, 0.717) is 12.0 Å². The molecule has 2 fully saturated rings. The van der Waals surface area contributed by atoms with E-state index in [-0.39, 0.29) is 11.9 Å². The van der Waals surface area contributed by atoms with Crippen LogP contribution in [0.4, 0.5) is 0 Å². The van der Waals surface area contributed by atoms with Gasteiger partial charge in [0.15, 0.2) is 0 Å². The SMILES string of the molecule is COCC(C(=O)NN)N1CCC2(CCCCC2)CC1. The molecule has 0 aromatic heterocycles. The number of rotatable bonds is 4. The molecule has 1 atom stereocenters. The smallest absolute Gasteiger partial charge is 0.253 e. The first-order valence-corrected chi connectivity index (χ1v) is 7.44. The van der Waals surface area contributed by atoms with Crippen LogP contribution in [0.5, 0.6) is 0 Å². The third-order valence-electron chi connectivity index (χ3n) is 4.98. The summed E-state index contributed by atoms with van der Waals surface area (Å²) in [6.45, 7) is 2.39. The Morgan fingerprint density at radius 3 is 2.42 bits per heavy atom. The number of hydrazine groups is 1. The standard InChI is InChI=1S/C14H27N3O2/c1-19-11-12(13(18)16-15)17-9-7-14(8-10-17)5-3-2-4-6-14/h12H,2-11,15H2,1H3,(H,16,18). The minimum absolute atomic E-state index is 0.138. The maximum absolute atomic E-state index is 11.8. The highest BCUT2D eigenvalue weighted by Gasteiger charge is 2.38. The van der Waals surface area contributed by atoms with E-state index < -0.39 is 0 Å². The molecular formula is C14H27N3O2. The topological polar surface area (TPSA) is 67.6 Å². The zero-order chi connectivity index (χ0) is 13.7. The molecule has 1 spiro atoms. The summed E-state index contributed by atoms with van der Waals surface area (Å²) < 4.78 is 5.16. The molecular weight excluding hydrogens is 242 g/mol. The Hall–Kier alpha value is -0.650. The summed E-state index contributed by atoms with van der Waals surface area (Å²) in [5.41, 5.74) is 2.82. The Morgan fingerprint density at radius 2 is 1.89 bits per heavy atom. The minimum atomic E-state index is -0.240. The summed E-state index contributed by atoms with van der Waals surface area (Å²) in [7, 11) is 1.63. The first-order chi connectivity index (χ1) is 9.21. The van der Waals surface area contributed by atoms with Gasteiger partial charge in [0.25, 0.3) is 5.91 Å². The van der Waals surface area contributed by atoms with Gasteiger partial charge in [-0.1, -0.05) is 19.3 Å². The van der Waals surface area contributed by atoms with E-state index in [9.17, 15) is 4.79 Å². The van der Waals surface area contributed by atoms with Gasteiger partial charge in [0.1, 0.15) is 6.04 Å². The van der Waals surface area contributed by atoms with Crippen molar-refractivity contribution < 1.29 is 9.53 Å². The van der Waals surface area contributed by atoms with Crippen LogP contribution in [0.3, 0.4) is 0 Å². The van der Waals surface area contributed by atoms with Crippen molar-refractivity contribution in [2.45, 2.75) is 51.0 Å². The van der Waals surface area contributed by atoms with Crippen LogP contribution >= 0.6 is 0 Å². The Bertz CT molecular complexity index is 293. The highest BCUT2D eigenvalue weighted by atomic mass is 16.5. The second kappa shape index (κ2) is 6.68. The van der Waals surface area contributed by atoms with Crippen LogP contribution in [0.2, 0.25) is 0 Å². The Labute approximate surface area is 115 Å². The van der Waals surface area contributed by atoms with Gasteiger partial charge in [-0.2, -0.15) is 0 Å². The van der Waals surface area contributed by atoms with Gasteiger partial charge in [0, 0.05) is 7.11 Å². The maximum Gasteiger partial charge on any atom is 0.253 e. The number of nitrogens with zero attached hydrogens (tertiary/aromatic N) is 1. The van der Waals surface area contributed by atoms with Crippen molar-refractivity contribution in [1.82, 2.24) is 10.3 Å². The van der Waals surface area contributed by atoms with E-state index in [2.05, 4.69) is 10.3 Å². The zero-order valence-electron chi connectivity index (χ0n) is 12.0. The molecule has 5 heteroatoms. The number of methoxy groups -OCH3 is 1. The molecule has 0 bridgehead atoms. The van der Waals surface area contributed by atoms with Gasteiger partial charge in [-0.3, -0.25) is 15.1 Å². The number of likely N-dealkylation sites (tertiary alicyclic amines) is 1. The Kier molecular flexibility index (Phi) is 5.19. The molecule has 1 amide bonds. The van der Waals surface area contributed by atoms with Gasteiger partial charge in [0.2, 0.25) is 0 Å². The second-order valence-corrected chi connectivity index (χ2v) is 6.08. The third-order valence-corrected chi connectivity index (χ3v) is 4.98. The predicted octanol–water partition coefficient (Wildman–Crippen LogP) is 1.04. The summed E-state index contributed by atoms with van der Waals surface area (Å²) in [6, 6.07) is -0.240. The summed E-state index contributed by atoms with van der Waals surface area (Å²) in [5.74, 6) is 5.13. The molecule has 1 saturated carbocycles. The Balaban J connectivity index is 1.91. The quantitative estimate of drug-likeness (QED) is 0.454. The van der Waals surface area contributed by atoms with Crippen LogP contribution in [-0.4, -0.2) is 43.7 Å². The van der Waals surface area contributed by atoms with E-state index in [1.807, 2.05) is 0 Å². The van der Waals surface area contributed by atoms with Gasteiger partial charge >= 0.3 is 0 Å². The van der Waals surface area contributed by atoms with E-state index in [1.165, 1.54) is 44.9 Å². The number of carbonyl (C=O) groups is 1. The highest BCUT2D eigenvalue weighted by molar-refractivity contribution is 5.81. The van der Waals surface area contributed by atoms with Crippen molar-refractivity contribution >= 4 is 5.91 Å². The lowest BCUT2D eigenvalue weighted by Crippen LogP contribution is -2.55. The number of piperidine rings is 1. The van der Waals surface area contributed by atoms with E-state index in [0.717, 1.165) is 13.1 Å². The molecule has 2 rings (SSSR count). The molecule has 0 aromatic rings. The average Bonchev–Trinajstić information content (AvgIpc) is 2.46. The molecule has 5 nitrogen and oxygen atoms in total. The average molecular weight is 269 g/mol. The molecule has 2 aliphatic rings. The van der Waals surface area contributed by atoms with Gasteiger partial charge < -0.3 is 4.74 Å². The zero-order valence-corrected chi connectivity index (χ0v) is 12.0. The van der Waals surface area contributed by atoms with Gasteiger partial charge in [-0.05, 0) is 44.2 Å². The van der Waals surface area contributed by atoms with Crippen LogP contribution in [0, 0.1) is 5.41 Å². The van der Waals surface area contributed by atoms with Crippen molar-refractivity contribution in [3.05, 3.63) is 0 Å². The van der Waals surface area contributed by atoms with Gasteiger partial charge in [-0.15, -0.1) is 0 Å². The molecule has 0 aromatic carbocycles. The number of nitrogens with two attached hydrogens (primary N) is 1. The van der Waals surface area contributed by atoms with Gasteiger partial charge in [-0.25, -0.2) is 5.84 Å². The fourth-order valence-corrected chi connectivity index (χ4v) is 3.71. The van der Waals surface area contributed by atoms with E-state index in [4.69, 9.17) is 10.6 Å². The van der Waals surface area contributed by atoms with Crippen molar-refractivity contribution in [3.63, 3.8) is 0 Å². The number of amides is 1. The maximum atomic E-state index is 11.8. The lowest BCUT2D eigenvalue weighted by atomic mass is 9.68. The van der Waals surface area contributed by atoms with Crippen LogP contribution in [-0.2, 0) is 9.53 Å². The van der Waals surface area contributed by atoms with Crippen LogP contribution in [0.25, 0.3) is 0 Å². The fraction of sp³-hybridized carbons (Fsp3) is 0.929. The number of nitrogens with one attached hydrogen (secondary N) is 1. The summed E-state index contributed by atoms with van der Waals surface area (Å²) in [5, 5.41) is 0. The molecule has 0 radical (unpaired) electrons. The lowest BCUT2D eigenvalue weighted by Gasteiger charge is -2.45. The lowest BCUT2D eigenvalue weighted by molar-refractivity contribution is -0.130. The molecule has 3 N–H and O–H groups in total. The van der Waals surface area contributed by atoms with E-state index in [1.54, 1.807) is 7.11 Å². The first-order valence-electron chi connectivity index (χ1n) is 7.44. The van der Waals surface area contributed by atoms with Crippen molar-refractivity contribution in [1.29, 1.82) is 0 Å². The number of hydrogen-bond acceptors (Lipinski definition) is 4. The fourth-order valence-electron chi connectivity index (χ4n) is 3.71. The number of carbonyl (C=O) groups excluding carboxylic acids is 1. The van der Waals surface area contributed by atoms with Crippen LogP contribution in [0.1, 0.15) is 44.9 Å². The van der Waals surface area contributed by atoms with Crippen molar-refractivity contribution in [2.75, 3.05) is 26.8 Å². The molecule has 110 valence electrons. The monoisotopic (exact) mass is 269 g/mol. The minimum Gasteiger partial charge on any atom is -0.383 e. The molecule has 1 unspecified atom stereocenters. The van der Waals surface area contributed by atoms with Crippen molar-refractivity contribution in [3.8, 4) is 0 Å².